The molecule has 0 aliphatic carbocycles. The molecule has 0 saturated carbocycles. The maximum absolute atomic E-state index is 12.4. The van der Waals surface area contributed by atoms with E-state index in [9.17, 15) is 4.79 Å². The van der Waals surface area contributed by atoms with Crippen molar-refractivity contribution in [2.24, 2.45) is 13.0 Å². The normalized spacial score (nSPS) is 15.7. The number of piperidine rings is 1. The lowest BCUT2D eigenvalue weighted by atomic mass is 9.96. The molecule has 0 aromatic carbocycles. The third-order valence-corrected chi connectivity index (χ3v) is 5.54. The second-order valence-electron chi connectivity index (χ2n) is 7.99. The van der Waals surface area contributed by atoms with E-state index in [2.05, 4.69) is 38.8 Å². The van der Waals surface area contributed by atoms with Crippen molar-refractivity contribution in [3.8, 4) is 0 Å². The molecule has 28 heavy (non-hydrogen) atoms. The van der Waals surface area contributed by atoms with Crippen molar-refractivity contribution in [2.45, 2.75) is 46.1 Å². The Kier molecular flexibility index (Phi) is 4.87. The SMILES string of the molecule is Cc1nc(N2CCC(Cn3cnc(C(C)C)cc3=O)CC2)c2cnn(C)c2n1. The number of aromatic nitrogens is 6. The monoisotopic (exact) mass is 381 g/mol. The Balaban J connectivity index is 1.46. The fourth-order valence-corrected chi connectivity index (χ4v) is 3.85. The van der Waals surface area contributed by atoms with Crippen LogP contribution in [-0.2, 0) is 13.6 Å². The van der Waals surface area contributed by atoms with E-state index in [1.54, 1.807) is 21.6 Å². The third-order valence-electron chi connectivity index (χ3n) is 5.54. The Morgan fingerprint density at radius 3 is 2.64 bits per heavy atom. The zero-order valence-electron chi connectivity index (χ0n) is 17.0. The van der Waals surface area contributed by atoms with E-state index in [-0.39, 0.29) is 11.5 Å². The van der Waals surface area contributed by atoms with E-state index in [1.807, 2.05) is 20.2 Å². The molecule has 0 atom stereocenters. The average Bonchev–Trinajstić information content (AvgIpc) is 3.04. The van der Waals surface area contributed by atoms with Gasteiger partial charge in [0.25, 0.3) is 5.56 Å². The molecule has 0 unspecified atom stereocenters. The summed E-state index contributed by atoms with van der Waals surface area (Å²) in [4.78, 5) is 28.3. The highest BCUT2D eigenvalue weighted by molar-refractivity contribution is 5.87. The first kappa shape index (κ1) is 18.6. The zero-order valence-corrected chi connectivity index (χ0v) is 17.0. The molecule has 148 valence electrons. The number of anilines is 1. The van der Waals surface area contributed by atoms with Crippen LogP contribution >= 0.6 is 0 Å². The molecule has 1 aliphatic rings. The van der Waals surface area contributed by atoms with Crippen molar-refractivity contribution in [1.82, 2.24) is 29.3 Å². The topological polar surface area (TPSA) is 81.7 Å². The molecule has 0 bridgehead atoms. The van der Waals surface area contributed by atoms with Gasteiger partial charge in [0.05, 0.1) is 23.6 Å². The summed E-state index contributed by atoms with van der Waals surface area (Å²) >= 11 is 0. The molecule has 1 aliphatic heterocycles. The summed E-state index contributed by atoms with van der Waals surface area (Å²) < 4.78 is 3.54. The first-order valence-electron chi connectivity index (χ1n) is 9.90. The lowest BCUT2D eigenvalue weighted by molar-refractivity contribution is 0.350. The summed E-state index contributed by atoms with van der Waals surface area (Å²) in [5.74, 6) is 2.46. The fraction of sp³-hybridized carbons (Fsp3) is 0.550. The van der Waals surface area contributed by atoms with Gasteiger partial charge in [-0.05, 0) is 31.6 Å². The van der Waals surface area contributed by atoms with Crippen LogP contribution in [-0.4, -0.2) is 42.4 Å². The van der Waals surface area contributed by atoms with Crippen molar-refractivity contribution >= 4 is 16.9 Å². The van der Waals surface area contributed by atoms with E-state index in [1.165, 1.54) is 0 Å². The predicted octanol–water partition coefficient (Wildman–Crippen LogP) is 2.27. The van der Waals surface area contributed by atoms with Gasteiger partial charge in [-0.25, -0.2) is 15.0 Å². The quantitative estimate of drug-likeness (QED) is 0.690. The van der Waals surface area contributed by atoms with Crippen LogP contribution < -0.4 is 10.5 Å². The molecule has 0 amide bonds. The van der Waals surface area contributed by atoms with Crippen molar-refractivity contribution in [3.05, 3.63) is 40.5 Å². The van der Waals surface area contributed by atoms with Gasteiger partial charge in [0, 0.05) is 32.7 Å². The minimum Gasteiger partial charge on any atom is -0.356 e. The van der Waals surface area contributed by atoms with Crippen molar-refractivity contribution in [3.63, 3.8) is 0 Å². The highest BCUT2D eigenvalue weighted by atomic mass is 16.1. The first-order chi connectivity index (χ1) is 13.4. The zero-order chi connectivity index (χ0) is 19.8. The summed E-state index contributed by atoms with van der Waals surface area (Å²) in [5, 5.41) is 5.33. The minimum atomic E-state index is 0.0459. The van der Waals surface area contributed by atoms with Gasteiger partial charge in [-0.1, -0.05) is 13.8 Å². The predicted molar refractivity (Wildman–Crippen MR) is 109 cm³/mol. The van der Waals surface area contributed by atoms with E-state index in [0.717, 1.165) is 60.8 Å². The van der Waals surface area contributed by atoms with Crippen LogP contribution in [0.2, 0.25) is 0 Å². The number of aryl methyl sites for hydroxylation is 2. The maximum Gasteiger partial charge on any atom is 0.253 e. The number of nitrogens with zero attached hydrogens (tertiary/aromatic N) is 7. The Labute approximate surface area is 164 Å². The molecule has 4 heterocycles. The summed E-state index contributed by atoms with van der Waals surface area (Å²) in [6.07, 6.45) is 5.58. The smallest absolute Gasteiger partial charge is 0.253 e. The van der Waals surface area contributed by atoms with Crippen molar-refractivity contribution in [1.29, 1.82) is 0 Å². The summed E-state index contributed by atoms with van der Waals surface area (Å²) in [7, 11) is 1.90. The molecule has 0 N–H and O–H groups in total. The molecule has 3 aromatic rings. The van der Waals surface area contributed by atoms with Gasteiger partial charge < -0.3 is 4.90 Å². The van der Waals surface area contributed by atoms with Crippen LogP contribution in [0, 0.1) is 12.8 Å². The summed E-state index contributed by atoms with van der Waals surface area (Å²) in [6.45, 7) is 8.58. The molecule has 0 radical (unpaired) electrons. The second-order valence-corrected chi connectivity index (χ2v) is 7.99. The van der Waals surface area contributed by atoms with E-state index >= 15 is 0 Å². The van der Waals surface area contributed by atoms with Crippen LogP contribution in [0.1, 0.15) is 44.1 Å². The largest absolute Gasteiger partial charge is 0.356 e. The molecule has 0 spiro atoms. The Morgan fingerprint density at radius 2 is 1.96 bits per heavy atom. The van der Waals surface area contributed by atoms with Crippen LogP contribution in [0.5, 0.6) is 0 Å². The average molecular weight is 381 g/mol. The van der Waals surface area contributed by atoms with Crippen LogP contribution in [0.15, 0.2) is 23.4 Å². The van der Waals surface area contributed by atoms with Gasteiger partial charge in [0.15, 0.2) is 5.65 Å². The Bertz CT molecular complexity index is 1040. The molecular weight excluding hydrogens is 354 g/mol. The third kappa shape index (κ3) is 3.50. The molecule has 1 saturated heterocycles. The number of hydrogen-bond acceptors (Lipinski definition) is 6. The number of rotatable bonds is 4. The molecule has 4 rings (SSSR count). The van der Waals surface area contributed by atoms with Crippen LogP contribution in [0.4, 0.5) is 5.82 Å². The molecule has 8 nitrogen and oxygen atoms in total. The maximum atomic E-state index is 12.4. The molecule has 3 aromatic heterocycles. The lowest BCUT2D eigenvalue weighted by Crippen LogP contribution is -2.37. The summed E-state index contributed by atoms with van der Waals surface area (Å²) in [6, 6.07) is 1.67. The number of hydrogen-bond donors (Lipinski definition) is 0. The fourth-order valence-electron chi connectivity index (χ4n) is 3.85. The van der Waals surface area contributed by atoms with Gasteiger partial charge >= 0.3 is 0 Å². The Morgan fingerprint density at radius 1 is 1.21 bits per heavy atom. The van der Waals surface area contributed by atoms with Gasteiger partial charge in [0.2, 0.25) is 0 Å². The molecule has 8 heteroatoms. The Hall–Kier alpha value is -2.77. The lowest BCUT2D eigenvalue weighted by Gasteiger charge is -2.33. The van der Waals surface area contributed by atoms with E-state index in [4.69, 9.17) is 0 Å². The second kappa shape index (κ2) is 7.33. The minimum absolute atomic E-state index is 0.0459. The van der Waals surface area contributed by atoms with Gasteiger partial charge in [-0.15, -0.1) is 0 Å². The van der Waals surface area contributed by atoms with E-state index < -0.39 is 0 Å². The van der Waals surface area contributed by atoms with Gasteiger partial charge in [-0.3, -0.25) is 14.0 Å². The summed E-state index contributed by atoms with van der Waals surface area (Å²) in [5.41, 5.74) is 1.77. The molecule has 1 fully saturated rings. The van der Waals surface area contributed by atoms with Gasteiger partial charge in [-0.2, -0.15) is 5.10 Å². The first-order valence-corrected chi connectivity index (χ1v) is 9.90. The number of fused-ring (bicyclic) bond motifs is 1. The van der Waals surface area contributed by atoms with Crippen molar-refractivity contribution < 1.29 is 0 Å². The van der Waals surface area contributed by atoms with Crippen molar-refractivity contribution in [2.75, 3.05) is 18.0 Å². The highest BCUT2D eigenvalue weighted by Gasteiger charge is 2.23. The van der Waals surface area contributed by atoms with E-state index in [0.29, 0.717) is 5.92 Å². The molecular formula is C20H27N7O. The van der Waals surface area contributed by atoms with Crippen LogP contribution in [0.25, 0.3) is 11.0 Å². The van der Waals surface area contributed by atoms with Gasteiger partial charge in [0.1, 0.15) is 11.6 Å². The van der Waals surface area contributed by atoms with Crippen LogP contribution in [0.3, 0.4) is 0 Å². The standard InChI is InChI=1S/C20H27N7O/c1-13(2)17-9-18(28)27(12-21-17)11-15-5-7-26(8-6-15)20-16-10-22-25(4)19(16)23-14(3)24-20/h9-10,12-13,15H,5-8,11H2,1-4H3. The highest BCUT2D eigenvalue weighted by Crippen LogP contribution is 2.28.